The summed E-state index contributed by atoms with van der Waals surface area (Å²) in [4.78, 5) is 11.7. The minimum atomic E-state index is -0.603. The first-order valence-corrected chi connectivity index (χ1v) is 6.05. The van der Waals surface area contributed by atoms with Crippen molar-refractivity contribution in [2.24, 2.45) is 5.73 Å². The number of nitrogens with two attached hydrogens (primary N) is 1. The molecule has 0 saturated carbocycles. The molecule has 5 heteroatoms. The van der Waals surface area contributed by atoms with E-state index in [0.29, 0.717) is 18.6 Å². The molecule has 0 radical (unpaired) electrons. The van der Waals surface area contributed by atoms with Crippen LogP contribution < -0.4 is 5.73 Å². The van der Waals surface area contributed by atoms with Crippen LogP contribution in [-0.2, 0) is 16.0 Å². The van der Waals surface area contributed by atoms with Crippen LogP contribution in [0, 0.1) is 5.82 Å². The van der Waals surface area contributed by atoms with Crippen LogP contribution in [0.1, 0.15) is 12.0 Å². The molecule has 1 rings (SSSR count). The molecule has 3 nitrogen and oxygen atoms in total. The summed E-state index contributed by atoms with van der Waals surface area (Å²) in [6.45, 7) is 0.424. The first-order chi connectivity index (χ1) is 8.04. The third kappa shape index (κ3) is 4.53. The van der Waals surface area contributed by atoms with Gasteiger partial charge in [0.05, 0.1) is 6.04 Å². The normalized spacial score (nSPS) is 12.5. The number of methoxy groups -OCH3 is 1. The van der Waals surface area contributed by atoms with Gasteiger partial charge in [0.2, 0.25) is 0 Å². The Morgan fingerprint density at radius 1 is 1.59 bits per heavy atom. The lowest BCUT2D eigenvalue weighted by Crippen LogP contribution is -2.33. The predicted octanol–water partition coefficient (Wildman–Crippen LogP) is 2.06. The van der Waals surface area contributed by atoms with Crippen LogP contribution in [-0.4, -0.2) is 25.5 Å². The van der Waals surface area contributed by atoms with Gasteiger partial charge in [-0.1, -0.05) is 15.9 Å². The topological polar surface area (TPSA) is 52.3 Å². The highest BCUT2D eigenvalue weighted by Crippen LogP contribution is 2.16. The van der Waals surface area contributed by atoms with Crippen LogP contribution in [0.2, 0.25) is 0 Å². The van der Waals surface area contributed by atoms with E-state index in [4.69, 9.17) is 10.5 Å². The van der Waals surface area contributed by atoms with Gasteiger partial charge in [-0.3, -0.25) is 4.79 Å². The second-order valence-corrected chi connectivity index (χ2v) is 4.68. The van der Waals surface area contributed by atoms with E-state index in [1.54, 1.807) is 19.2 Å². The fourth-order valence-corrected chi connectivity index (χ4v) is 1.81. The molecule has 0 spiro atoms. The zero-order valence-electron chi connectivity index (χ0n) is 9.58. The number of Topliss-reactive ketones (excluding diaryl/α,β-unsaturated/α-hetero) is 1. The van der Waals surface area contributed by atoms with E-state index in [-0.39, 0.29) is 18.0 Å². The monoisotopic (exact) mass is 303 g/mol. The number of ketones is 1. The summed E-state index contributed by atoms with van der Waals surface area (Å²) in [6.07, 6.45) is 0.459. The Morgan fingerprint density at radius 2 is 2.29 bits per heavy atom. The summed E-state index contributed by atoms with van der Waals surface area (Å²) in [5, 5.41) is 0. The summed E-state index contributed by atoms with van der Waals surface area (Å²) in [6, 6.07) is 3.91. The maximum Gasteiger partial charge on any atom is 0.154 e. The Hall–Kier alpha value is -0.780. The summed E-state index contributed by atoms with van der Waals surface area (Å²) in [7, 11) is 1.55. The largest absolute Gasteiger partial charge is 0.385 e. The number of ether oxygens (including phenoxy) is 1. The highest BCUT2D eigenvalue weighted by atomic mass is 79.9. The molecule has 0 aliphatic heterocycles. The maximum atomic E-state index is 13.4. The molecule has 94 valence electrons. The second-order valence-electron chi connectivity index (χ2n) is 3.77. The van der Waals surface area contributed by atoms with Crippen molar-refractivity contribution < 1.29 is 13.9 Å². The van der Waals surface area contributed by atoms with Crippen molar-refractivity contribution in [2.75, 3.05) is 13.7 Å². The average Bonchev–Trinajstić information content (AvgIpc) is 2.30. The number of hydrogen-bond donors (Lipinski definition) is 1. The lowest BCUT2D eigenvalue weighted by atomic mass is 10.0. The Bertz CT molecular complexity index is 398. The molecular weight excluding hydrogens is 289 g/mol. The van der Waals surface area contributed by atoms with Crippen molar-refractivity contribution in [3.05, 3.63) is 34.1 Å². The van der Waals surface area contributed by atoms with Crippen molar-refractivity contribution in [1.82, 2.24) is 0 Å². The van der Waals surface area contributed by atoms with Crippen LogP contribution in [0.5, 0.6) is 0 Å². The maximum absolute atomic E-state index is 13.4. The van der Waals surface area contributed by atoms with Gasteiger partial charge in [-0.05, 0) is 30.2 Å². The summed E-state index contributed by atoms with van der Waals surface area (Å²) in [5.41, 5.74) is 6.03. The molecule has 0 heterocycles. The third-order valence-electron chi connectivity index (χ3n) is 2.42. The van der Waals surface area contributed by atoms with E-state index in [1.165, 1.54) is 6.07 Å². The van der Waals surface area contributed by atoms with E-state index >= 15 is 0 Å². The zero-order valence-corrected chi connectivity index (χ0v) is 11.2. The number of carbonyl (C=O) groups excluding carboxylic acids is 1. The van der Waals surface area contributed by atoms with Crippen LogP contribution >= 0.6 is 15.9 Å². The van der Waals surface area contributed by atoms with E-state index in [9.17, 15) is 9.18 Å². The summed E-state index contributed by atoms with van der Waals surface area (Å²) in [5.74, 6) is -0.570. The van der Waals surface area contributed by atoms with E-state index in [2.05, 4.69) is 15.9 Å². The molecule has 17 heavy (non-hydrogen) atoms. The number of benzene rings is 1. The average molecular weight is 304 g/mol. The predicted molar refractivity (Wildman–Crippen MR) is 67.3 cm³/mol. The lowest BCUT2D eigenvalue weighted by molar-refractivity contribution is -0.120. The van der Waals surface area contributed by atoms with Crippen LogP contribution in [0.15, 0.2) is 22.7 Å². The van der Waals surface area contributed by atoms with Gasteiger partial charge >= 0.3 is 0 Å². The van der Waals surface area contributed by atoms with E-state index in [1.807, 2.05) is 0 Å². The van der Waals surface area contributed by atoms with Crippen molar-refractivity contribution >= 4 is 21.7 Å². The van der Waals surface area contributed by atoms with Gasteiger partial charge in [0, 0.05) is 24.6 Å². The zero-order chi connectivity index (χ0) is 12.8. The fourth-order valence-electron chi connectivity index (χ4n) is 1.40. The fraction of sp³-hybridized carbons (Fsp3) is 0.417. The van der Waals surface area contributed by atoms with Gasteiger partial charge in [-0.25, -0.2) is 4.39 Å². The molecule has 1 unspecified atom stereocenters. The number of hydrogen-bond acceptors (Lipinski definition) is 3. The summed E-state index contributed by atoms with van der Waals surface area (Å²) < 4.78 is 19.0. The molecule has 0 aliphatic rings. The Labute approximate surface area is 108 Å². The molecule has 0 fully saturated rings. The van der Waals surface area contributed by atoms with Crippen molar-refractivity contribution in [2.45, 2.75) is 18.9 Å². The Morgan fingerprint density at radius 3 is 2.94 bits per heavy atom. The molecule has 1 aromatic carbocycles. The molecule has 1 aromatic rings. The molecule has 1 atom stereocenters. The molecule has 0 aromatic heterocycles. The minimum Gasteiger partial charge on any atom is -0.385 e. The highest BCUT2D eigenvalue weighted by molar-refractivity contribution is 9.10. The number of halogens is 2. The van der Waals surface area contributed by atoms with Crippen LogP contribution in [0.25, 0.3) is 0 Å². The number of carbonyl (C=O) groups is 1. The molecule has 0 amide bonds. The number of rotatable bonds is 6. The minimum absolute atomic E-state index is 0.0101. The van der Waals surface area contributed by atoms with Crippen LogP contribution in [0.3, 0.4) is 0 Å². The van der Waals surface area contributed by atoms with E-state index in [0.717, 1.165) is 4.47 Å². The van der Waals surface area contributed by atoms with Gasteiger partial charge in [0.25, 0.3) is 0 Å². The van der Waals surface area contributed by atoms with Crippen molar-refractivity contribution in [3.63, 3.8) is 0 Å². The van der Waals surface area contributed by atoms with Gasteiger partial charge in [0.15, 0.2) is 5.78 Å². The smallest absolute Gasteiger partial charge is 0.154 e. The first kappa shape index (κ1) is 14.3. The van der Waals surface area contributed by atoms with Gasteiger partial charge in [-0.15, -0.1) is 0 Å². The molecule has 0 bridgehead atoms. The quantitative estimate of drug-likeness (QED) is 0.875. The standard InChI is InChI=1S/C12H15BrFNO2/c1-17-5-4-11(15)12(16)7-8-6-9(13)2-3-10(8)14/h2-3,6,11H,4-5,7,15H2,1H3. The Kier molecular flexibility index (Phi) is 5.74. The highest BCUT2D eigenvalue weighted by Gasteiger charge is 2.15. The second kappa shape index (κ2) is 6.83. The van der Waals surface area contributed by atoms with Gasteiger partial charge in [-0.2, -0.15) is 0 Å². The van der Waals surface area contributed by atoms with Crippen molar-refractivity contribution in [1.29, 1.82) is 0 Å². The SMILES string of the molecule is COCCC(N)C(=O)Cc1cc(Br)ccc1F. The third-order valence-corrected chi connectivity index (χ3v) is 2.91. The summed E-state index contributed by atoms with van der Waals surface area (Å²) >= 11 is 3.24. The lowest BCUT2D eigenvalue weighted by Gasteiger charge is -2.10. The molecule has 2 N–H and O–H groups in total. The molecule has 0 aliphatic carbocycles. The van der Waals surface area contributed by atoms with Crippen molar-refractivity contribution in [3.8, 4) is 0 Å². The van der Waals surface area contributed by atoms with E-state index < -0.39 is 6.04 Å². The first-order valence-electron chi connectivity index (χ1n) is 5.25. The van der Waals surface area contributed by atoms with Crippen LogP contribution in [0.4, 0.5) is 4.39 Å². The molecular formula is C12H15BrFNO2. The van der Waals surface area contributed by atoms with Gasteiger partial charge in [0.1, 0.15) is 5.82 Å². The molecule has 0 saturated heterocycles. The van der Waals surface area contributed by atoms with Gasteiger partial charge < -0.3 is 10.5 Å². The Balaban J connectivity index is 2.64.